The van der Waals surface area contributed by atoms with Gasteiger partial charge in [0.2, 0.25) is 0 Å². The third kappa shape index (κ3) is 5.43. The number of carbonyl (C=O) groups excluding carboxylic acids is 1. The minimum absolute atomic E-state index is 0.176. The summed E-state index contributed by atoms with van der Waals surface area (Å²) < 4.78 is 1.06. The van der Waals surface area contributed by atoms with E-state index in [9.17, 15) is 10.0 Å². The van der Waals surface area contributed by atoms with Crippen molar-refractivity contribution < 1.29 is 10.0 Å². The normalized spacial score (nSPS) is 19.8. The molecule has 1 amide bonds. The number of carbonyl (C=O) groups is 1. The number of H-pyrrole nitrogens is 2. The quantitative estimate of drug-likeness (QED) is 0.131. The van der Waals surface area contributed by atoms with Crippen molar-refractivity contribution >= 4 is 60.6 Å². The number of hydrogen-bond donors (Lipinski definition) is 5. The summed E-state index contributed by atoms with van der Waals surface area (Å²) >= 11 is 3.71. The zero-order valence-corrected chi connectivity index (χ0v) is 29.7. The van der Waals surface area contributed by atoms with Crippen LogP contribution in [0.25, 0.3) is 38.8 Å². The summed E-state index contributed by atoms with van der Waals surface area (Å²) in [5.41, 5.74) is 12.0. The lowest BCUT2D eigenvalue weighted by molar-refractivity contribution is -0.178. The summed E-state index contributed by atoms with van der Waals surface area (Å²) in [5.74, 6) is 1.09. The number of imidazole rings is 2. The standard InChI is InChI=1S/C21H23N3O.C16H19BrN4O/c1-20(2)17(14-10-6-5-7-11-14)18(21(3,4)24(20)25)19-22-15-12-8-9-13-16(15)23-19;1-15(2)10(12(17)16(3,4)21-15)14-19-9-7-5-6-8(13(18)22)11(9)20-14/h5-13,25H,1-4H3,(H,22,23);5-7,21H,1-4H3,(H2,18,22)(H,19,20). The molecular formula is C37H42BrN7O2. The summed E-state index contributed by atoms with van der Waals surface area (Å²) in [6, 6.07) is 23.7. The number of aromatic nitrogens is 4. The third-order valence-electron chi connectivity index (χ3n) is 9.25. The number of fused-ring (bicyclic) bond motifs is 2. The van der Waals surface area contributed by atoms with Gasteiger partial charge in [-0.3, -0.25) is 10.1 Å². The van der Waals surface area contributed by atoms with E-state index in [2.05, 4.69) is 76.0 Å². The molecule has 244 valence electrons. The molecule has 0 radical (unpaired) electrons. The summed E-state index contributed by atoms with van der Waals surface area (Å²) in [6.45, 7) is 16.6. The number of halogens is 1. The minimum atomic E-state index is -0.567. The maximum atomic E-state index is 11.6. The zero-order valence-electron chi connectivity index (χ0n) is 28.1. The minimum Gasteiger partial charge on any atom is -0.366 e. The maximum absolute atomic E-state index is 11.6. The van der Waals surface area contributed by atoms with E-state index in [-0.39, 0.29) is 11.1 Å². The highest BCUT2D eigenvalue weighted by Gasteiger charge is 2.52. The van der Waals surface area contributed by atoms with E-state index in [1.54, 1.807) is 12.1 Å². The number of benzene rings is 3. The topological polar surface area (TPSA) is 136 Å². The fourth-order valence-corrected chi connectivity index (χ4v) is 8.12. The number of nitrogens with zero attached hydrogens (tertiary/aromatic N) is 3. The Morgan fingerprint density at radius 3 is 1.91 bits per heavy atom. The zero-order chi connectivity index (χ0) is 34.1. The molecule has 4 heterocycles. The molecule has 0 aliphatic carbocycles. The smallest absolute Gasteiger partial charge is 0.250 e. The molecule has 0 saturated heterocycles. The van der Waals surface area contributed by atoms with Gasteiger partial charge in [0.05, 0.1) is 33.2 Å². The molecule has 9 nitrogen and oxygen atoms in total. The van der Waals surface area contributed by atoms with Crippen molar-refractivity contribution in [3.05, 3.63) is 100 Å². The van der Waals surface area contributed by atoms with Crippen LogP contribution in [0, 0.1) is 0 Å². The number of hydroxylamine groups is 2. The van der Waals surface area contributed by atoms with E-state index in [4.69, 9.17) is 10.7 Å². The van der Waals surface area contributed by atoms with Gasteiger partial charge in [-0.15, -0.1) is 0 Å². The summed E-state index contributed by atoms with van der Waals surface area (Å²) in [4.78, 5) is 27.8. The Balaban J connectivity index is 0.000000166. The fourth-order valence-electron chi connectivity index (χ4n) is 7.34. The number of rotatable bonds is 4. The highest BCUT2D eigenvalue weighted by molar-refractivity contribution is 9.12. The molecule has 0 fully saturated rings. The van der Waals surface area contributed by atoms with Crippen molar-refractivity contribution in [1.82, 2.24) is 30.3 Å². The van der Waals surface area contributed by atoms with Gasteiger partial charge in [-0.05, 0) is 90.8 Å². The first-order chi connectivity index (χ1) is 22.0. The van der Waals surface area contributed by atoms with Crippen LogP contribution in [-0.2, 0) is 0 Å². The van der Waals surface area contributed by atoms with E-state index >= 15 is 0 Å². The Bertz CT molecular complexity index is 2050. The number of hydrogen-bond acceptors (Lipinski definition) is 6. The van der Waals surface area contributed by atoms with Crippen molar-refractivity contribution in [3.63, 3.8) is 0 Å². The molecule has 2 aliphatic heterocycles. The van der Waals surface area contributed by atoms with Gasteiger partial charge >= 0.3 is 0 Å². The highest BCUT2D eigenvalue weighted by atomic mass is 79.9. The average Bonchev–Trinajstić information content (AvgIpc) is 3.69. The molecule has 7 rings (SSSR count). The first-order valence-corrected chi connectivity index (χ1v) is 16.5. The van der Waals surface area contributed by atoms with E-state index < -0.39 is 17.0 Å². The van der Waals surface area contributed by atoms with E-state index in [1.165, 1.54) is 5.06 Å². The molecule has 0 atom stereocenters. The van der Waals surface area contributed by atoms with Gasteiger partial charge in [-0.1, -0.05) is 64.5 Å². The van der Waals surface area contributed by atoms with Crippen molar-refractivity contribution in [2.24, 2.45) is 5.73 Å². The van der Waals surface area contributed by atoms with Crippen molar-refractivity contribution in [2.45, 2.75) is 77.5 Å². The van der Waals surface area contributed by atoms with Crippen LogP contribution in [0.3, 0.4) is 0 Å². The van der Waals surface area contributed by atoms with Gasteiger partial charge in [0.15, 0.2) is 0 Å². The van der Waals surface area contributed by atoms with Gasteiger partial charge in [0, 0.05) is 26.7 Å². The number of aromatic amines is 2. The van der Waals surface area contributed by atoms with Crippen LogP contribution >= 0.6 is 15.9 Å². The lowest BCUT2D eigenvalue weighted by Crippen LogP contribution is -2.48. The second kappa shape index (κ2) is 11.3. The molecule has 47 heavy (non-hydrogen) atoms. The van der Waals surface area contributed by atoms with Crippen molar-refractivity contribution in [2.75, 3.05) is 0 Å². The molecule has 0 bridgehead atoms. The lowest BCUT2D eigenvalue weighted by Gasteiger charge is -2.36. The molecule has 0 unspecified atom stereocenters. The number of amides is 1. The number of nitrogens with two attached hydrogens (primary N) is 1. The van der Waals surface area contributed by atoms with Gasteiger partial charge < -0.3 is 20.9 Å². The van der Waals surface area contributed by atoms with Crippen LogP contribution in [0.4, 0.5) is 0 Å². The Morgan fingerprint density at radius 1 is 0.723 bits per heavy atom. The Labute approximate surface area is 283 Å². The first kappa shape index (κ1) is 32.8. The predicted octanol–water partition coefficient (Wildman–Crippen LogP) is 7.66. The molecule has 6 N–H and O–H groups in total. The largest absolute Gasteiger partial charge is 0.366 e. The molecule has 5 aromatic rings. The van der Waals surface area contributed by atoms with Gasteiger partial charge in [0.1, 0.15) is 17.2 Å². The van der Waals surface area contributed by atoms with E-state index in [0.717, 1.165) is 55.0 Å². The Kier molecular flexibility index (Phi) is 7.87. The summed E-state index contributed by atoms with van der Waals surface area (Å²) in [7, 11) is 0. The summed E-state index contributed by atoms with van der Waals surface area (Å²) in [5, 5.41) is 16.0. The number of para-hydroxylation sites is 3. The van der Waals surface area contributed by atoms with Crippen LogP contribution in [0.1, 0.15) is 83.0 Å². The van der Waals surface area contributed by atoms with Crippen LogP contribution in [0.5, 0.6) is 0 Å². The number of primary amides is 1. The van der Waals surface area contributed by atoms with Gasteiger partial charge in [-0.2, -0.15) is 5.06 Å². The van der Waals surface area contributed by atoms with Crippen LogP contribution in [0.2, 0.25) is 0 Å². The van der Waals surface area contributed by atoms with Crippen LogP contribution in [0.15, 0.2) is 77.3 Å². The molecule has 0 saturated carbocycles. The lowest BCUT2D eigenvalue weighted by atomic mass is 9.85. The Hall–Kier alpha value is -4.09. The SMILES string of the molecule is CC1(C)C(c2ccccc2)=C(c2nc3ccccc3[nH]2)C(C)(C)N1O.CC1(C)NC(C)(C)C(c2nc3c(C(N)=O)cccc3[nH]2)=C1Br. The average molecular weight is 697 g/mol. The molecule has 2 aromatic heterocycles. The highest BCUT2D eigenvalue weighted by Crippen LogP contribution is 2.52. The predicted molar refractivity (Wildman–Crippen MR) is 193 cm³/mol. The first-order valence-electron chi connectivity index (χ1n) is 15.7. The van der Waals surface area contributed by atoms with Crippen molar-refractivity contribution in [3.8, 4) is 0 Å². The van der Waals surface area contributed by atoms with Gasteiger partial charge in [0.25, 0.3) is 5.91 Å². The fraction of sp³-hybridized carbons (Fsp3) is 0.324. The van der Waals surface area contributed by atoms with Gasteiger partial charge in [-0.25, -0.2) is 9.97 Å². The van der Waals surface area contributed by atoms with Crippen LogP contribution < -0.4 is 11.1 Å². The molecular weight excluding hydrogens is 654 g/mol. The van der Waals surface area contributed by atoms with Crippen LogP contribution in [-0.4, -0.2) is 58.3 Å². The second-order valence-electron chi connectivity index (χ2n) is 14.4. The molecule has 3 aromatic carbocycles. The van der Waals surface area contributed by atoms with E-state index in [0.29, 0.717) is 11.1 Å². The molecule has 2 aliphatic rings. The second-order valence-corrected chi connectivity index (χ2v) is 15.2. The molecule has 0 spiro atoms. The number of nitrogens with one attached hydrogen (secondary N) is 3. The van der Waals surface area contributed by atoms with E-state index in [1.807, 2.05) is 76.2 Å². The monoisotopic (exact) mass is 695 g/mol. The summed E-state index contributed by atoms with van der Waals surface area (Å²) in [6.07, 6.45) is 0. The third-order valence-corrected chi connectivity index (χ3v) is 10.6. The maximum Gasteiger partial charge on any atom is 0.250 e. The molecule has 10 heteroatoms. The van der Waals surface area contributed by atoms with Crippen molar-refractivity contribution in [1.29, 1.82) is 0 Å². The Morgan fingerprint density at radius 2 is 1.30 bits per heavy atom.